The normalized spacial score (nSPS) is 12.8. The number of aliphatic hydroxyl groups excluding tert-OH is 2. The third kappa shape index (κ3) is 5.30. The minimum Gasteiger partial charge on any atom is -0.497 e. The van der Waals surface area contributed by atoms with Crippen molar-refractivity contribution in [3.63, 3.8) is 0 Å². The second-order valence-electron chi connectivity index (χ2n) is 8.56. The molecule has 0 amide bonds. The molecule has 2 aromatic heterocycles. The lowest BCUT2D eigenvalue weighted by Crippen LogP contribution is -2.23. The molecular weight excluding hydrogens is 458 g/mol. The van der Waals surface area contributed by atoms with Gasteiger partial charge in [-0.15, -0.1) is 0 Å². The summed E-state index contributed by atoms with van der Waals surface area (Å²) in [7, 11) is 1.58. The molecule has 2 aromatic carbocycles. The SMILES string of the molecule is COc1cc(CO)cc(Nc2ncc(-c3cnn(CCO)c3)c(Nc3ccc4c(c3)CNCC4)n2)c1. The molecule has 0 aliphatic carbocycles. The molecule has 5 rings (SSSR count). The first-order valence-electron chi connectivity index (χ1n) is 11.8. The summed E-state index contributed by atoms with van der Waals surface area (Å²) < 4.78 is 7.03. The minimum atomic E-state index is -0.108. The summed E-state index contributed by atoms with van der Waals surface area (Å²) in [6.45, 7) is 2.13. The van der Waals surface area contributed by atoms with Crippen LogP contribution >= 0.6 is 0 Å². The van der Waals surface area contributed by atoms with Crippen LogP contribution < -0.4 is 20.7 Å². The summed E-state index contributed by atoms with van der Waals surface area (Å²) in [6, 6.07) is 11.8. The zero-order chi connectivity index (χ0) is 24.9. The van der Waals surface area contributed by atoms with Gasteiger partial charge in [-0.3, -0.25) is 4.68 Å². The van der Waals surface area contributed by atoms with Gasteiger partial charge in [0.1, 0.15) is 11.6 Å². The Balaban J connectivity index is 1.50. The molecule has 10 nitrogen and oxygen atoms in total. The fraction of sp³-hybridized carbons (Fsp3) is 0.269. The van der Waals surface area contributed by atoms with Crippen LogP contribution in [0.1, 0.15) is 16.7 Å². The molecule has 10 heteroatoms. The van der Waals surface area contributed by atoms with Crippen LogP contribution in [0.3, 0.4) is 0 Å². The van der Waals surface area contributed by atoms with Gasteiger partial charge in [0.25, 0.3) is 0 Å². The minimum absolute atomic E-state index is 0.00507. The van der Waals surface area contributed by atoms with E-state index in [0.29, 0.717) is 35.3 Å². The lowest BCUT2D eigenvalue weighted by atomic mass is 10.0. The number of anilines is 4. The average molecular weight is 488 g/mol. The van der Waals surface area contributed by atoms with Crippen LogP contribution in [0.2, 0.25) is 0 Å². The number of methoxy groups -OCH3 is 1. The van der Waals surface area contributed by atoms with Gasteiger partial charge in [0.05, 0.1) is 33.1 Å². The second kappa shape index (κ2) is 10.7. The van der Waals surface area contributed by atoms with Gasteiger partial charge in [-0.05, 0) is 53.9 Å². The molecule has 1 aliphatic rings. The maximum Gasteiger partial charge on any atom is 0.229 e. The van der Waals surface area contributed by atoms with Gasteiger partial charge < -0.3 is 30.9 Å². The van der Waals surface area contributed by atoms with E-state index in [9.17, 15) is 10.2 Å². The average Bonchev–Trinajstić information content (AvgIpc) is 3.37. The lowest BCUT2D eigenvalue weighted by molar-refractivity contribution is 0.269. The number of nitrogens with one attached hydrogen (secondary N) is 3. The van der Waals surface area contributed by atoms with E-state index in [-0.39, 0.29) is 13.2 Å². The zero-order valence-electron chi connectivity index (χ0n) is 20.0. The molecule has 0 saturated carbocycles. The Labute approximate surface area is 209 Å². The van der Waals surface area contributed by atoms with E-state index in [2.05, 4.69) is 44.2 Å². The first-order chi connectivity index (χ1) is 17.6. The van der Waals surface area contributed by atoms with Gasteiger partial charge in [0, 0.05) is 47.5 Å². The maximum absolute atomic E-state index is 9.59. The zero-order valence-corrected chi connectivity index (χ0v) is 20.0. The number of benzene rings is 2. The van der Waals surface area contributed by atoms with E-state index < -0.39 is 0 Å². The van der Waals surface area contributed by atoms with Crippen molar-refractivity contribution in [1.82, 2.24) is 25.1 Å². The Morgan fingerprint density at radius 3 is 2.81 bits per heavy atom. The van der Waals surface area contributed by atoms with Crippen molar-refractivity contribution in [2.24, 2.45) is 0 Å². The van der Waals surface area contributed by atoms with Crippen molar-refractivity contribution in [2.45, 2.75) is 26.1 Å². The molecule has 4 aromatic rings. The predicted molar refractivity (Wildman–Crippen MR) is 138 cm³/mol. The molecule has 1 aliphatic heterocycles. The van der Waals surface area contributed by atoms with Crippen LogP contribution in [-0.4, -0.2) is 50.2 Å². The van der Waals surface area contributed by atoms with Crippen LogP contribution in [0.4, 0.5) is 23.1 Å². The smallest absolute Gasteiger partial charge is 0.229 e. The van der Waals surface area contributed by atoms with Crippen LogP contribution in [0.5, 0.6) is 5.75 Å². The van der Waals surface area contributed by atoms with Gasteiger partial charge >= 0.3 is 0 Å². The number of rotatable bonds is 9. The molecule has 0 bridgehead atoms. The molecule has 0 atom stereocenters. The number of nitrogens with zero attached hydrogens (tertiary/aromatic N) is 4. The van der Waals surface area contributed by atoms with Crippen LogP contribution in [0, 0.1) is 0 Å². The standard InChI is InChI=1S/C26H29N7O3/c1-36-23-9-17(16-35)8-22(11-23)31-26-28-14-24(20-13-29-33(15-20)6-7-34)25(32-26)30-21-3-2-18-4-5-27-12-19(18)10-21/h2-3,8-11,13-15,27,34-35H,4-7,12,16H2,1H3,(H2,28,30,31,32). The summed E-state index contributed by atoms with van der Waals surface area (Å²) in [5.74, 6) is 1.63. The van der Waals surface area contributed by atoms with Gasteiger partial charge in [-0.1, -0.05) is 6.07 Å². The molecule has 5 N–H and O–H groups in total. The summed E-state index contributed by atoms with van der Waals surface area (Å²) in [5, 5.41) is 33.3. The Morgan fingerprint density at radius 2 is 1.97 bits per heavy atom. The van der Waals surface area contributed by atoms with Crippen molar-refractivity contribution in [1.29, 1.82) is 0 Å². The highest BCUT2D eigenvalue weighted by Gasteiger charge is 2.15. The van der Waals surface area contributed by atoms with Crippen LogP contribution in [0.25, 0.3) is 11.1 Å². The van der Waals surface area contributed by atoms with Gasteiger partial charge in [-0.2, -0.15) is 10.1 Å². The molecule has 0 spiro atoms. The summed E-state index contributed by atoms with van der Waals surface area (Å²) >= 11 is 0. The fourth-order valence-electron chi connectivity index (χ4n) is 4.24. The predicted octanol–water partition coefficient (Wildman–Crippen LogP) is 2.97. The van der Waals surface area contributed by atoms with Gasteiger partial charge in [-0.25, -0.2) is 4.98 Å². The Hall–Kier alpha value is -3.99. The first kappa shape index (κ1) is 23.7. The number of aliphatic hydroxyl groups is 2. The lowest BCUT2D eigenvalue weighted by Gasteiger charge is -2.19. The molecule has 0 unspecified atom stereocenters. The molecule has 3 heterocycles. The number of hydrogen-bond donors (Lipinski definition) is 5. The molecule has 0 saturated heterocycles. The van der Waals surface area contributed by atoms with E-state index in [4.69, 9.17) is 9.72 Å². The van der Waals surface area contributed by atoms with E-state index in [1.165, 1.54) is 11.1 Å². The molecule has 0 radical (unpaired) electrons. The summed E-state index contributed by atoms with van der Waals surface area (Å²) in [5.41, 5.74) is 6.58. The quantitative estimate of drug-likeness (QED) is 0.242. The molecular formula is C26H29N7O3. The Bertz CT molecular complexity index is 1330. The van der Waals surface area contributed by atoms with Gasteiger partial charge in [0.15, 0.2) is 0 Å². The third-order valence-corrected chi connectivity index (χ3v) is 6.06. The largest absolute Gasteiger partial charge is 0.497 e. The maximum atomic E-state index is 9.59. The van der Waals surface area contributed by atoms with Crippen molar-refractivity contribution in [3.05, 3.63) is 71.7 Å². The topological polar surface area (TPSA) is 129 Å². The summed E-state index contributed by atoms with van der Waals surface area (Å²) in [6.07, 6.45) is 6.35. The monoisotopic (exact) mass is 487 g/mol. The number of hydrogen-bond acceptors (Lipinski definition) is 9. The third-order valence-electron chi connectivity index (χ3n) is 6.06. The first-order valence-corrected chi connectivity index (χ1v) is 11.8. The highest BCUT2D eigenvalue weighted by Crippen LogP contribution is 2.31. The number of aromatic nitrogens is 4. The molecule has 36 heavy (non-hydrogen) atoms. The van der Waals surface area contributed by atoms with Crippen molar-refractivity contribution >= 4 is 23.1 Å². The van der Waals surface area contributed by atoms with Crippen molar-refractivity contribution in [2.75, 3.05) is 30.9 Å². The van der Waals surface area contributed by atoms with Crippen molar-refractivity contribution in [3.8, 4) is 16.9 Å². The van der Waals surface area contributed by atoms with Gasteiger partial charge in [0.2, 0.25) is 5.95 Å². The fourth-order valence-corrected chi connectivity index (χ4v) is 4.24. The number of ether oxygens (including phenoxy) is 1. The second-order valence-corrected chi connectivity index (χ2v) is 8.56. The molecule has 0 fully saturated rings. The molecule has 186 valence electrons. The Kier molecular flexibility index (Phi) is 7.08. The van der Waals surface area contributed by atoms with E-state index in [1.54, 1.807) is 30.3 Å². The van der Waals surface area contributed by atoms with E-state index in [1.807, 2.05) is 18.3 Å². The highest BCUT2D eigenvalue weighted by molar-refractivity contribution is 5.78. The van der Waals surface area contributed by atoms with Crippen LogP contribution in [-0.2, 0) is 26.1 Å². The number of fused-ring (bicyclic) bond motifs is 1. The summed E-state index contributed by atoms with van der Waals surface area (Å²) in [4.78, 5) is 9.31. The van der Waals surface area contributed by atoms with E-state index >= 15 is 0 Å². The van der Waals surface area contributed by atoms with Crippen molar-refractivity contribution < 1.29 is 14.9 Å². The Morgan fingerprint density at radius 1 is 1.06 bits per heavy atom. The highest BCUT2D eigenvalue weighted by atomic mass is 16.5. The van der Waals surface area contributed by atoms with Crippen LogP contribution in [0.15, 0.2) is 55.0 Å². The van der Waals surface area contributed by atoms with E-state index in [0.717, 1.165) is 36.3 Å².